The minimum absolute atomic E-state index is 0.0157. The van der Waals surface area contributed by atoms with E-state index >= 15 is 0 Å². The van der Waals surface area contributed by atoms with E-state index in [2.05, 4.69) is 0 Å². The highest BCUT2D eigenvalue weighted by Crippen LogP contribution is 2.32. The van der Waals surface area contributed by atoms with Crippen molar-refractivity contribution in [2.75, 3.05) is 11.4 Å². The second kappa shape index (κ2) is 4.63. The first-order chi connectivity index (χ1) is 9.18. The molecule has 1 aromatic carbocycles. The highest BCUT2D eigenvalue weighted by Gasteiger charge is 2.29. The van der Waals surface area contributed by atoms with Crippen LogP contribution in [-0.4, -0.2) is 18.2 Å². The van der Waals surface area contributed by atoms with E-state index in [9.17, 15) is 9.59 Å². The maximum atomic E-state index is 12.5. The van der Waals surface area contributed by atoms with Gasteiger partial charge in [0.05, 0.1) is 10.6 Å². The number of carbonyl (C=O) groups excluding carboxylic acids is 2. The van der Waals surface area contributed by atoms with Gasteiger partial charge >= 0.3 is 0 Å². The zero-order valence-corrected chi connectivity index (χ0v) is 11.4. The topological polar surface area (TPSA) is 37.4 Å². The average molecular weight is 271 g/mol. The van der Waals surface area contributed by atoms with Crippen LogP contribution in [0.4, 0.5) is 5.69 Å². The number of hydrogen-bond donors (Lipinski definition) is 0. The van der Waals surface area contributed by atoms with Crippen LogP contribution in [-0.2, 0) is 0 Å². The fourth-order valence-corrected chi connectivity index (χ4v) is 3.11. The van der Waals surface area contributed by atoms with Crippen molar-refractivity contribution in [3.05, 3.63) is 51.7 Å². The SMILES string of the molecule is Cc1cccc2c1N(C(=O)c1cccs1)CCC2=O. The molecule has 0 saturated carbocycles. The number of aryl methyl sites for hydroxylation is 1. The van der Waals surface area contributed by atoms with Crippen LogP contribution in [0.5, 0.6) is 0 Å². The fourth-order valence-electron chi connectivity index (χ4n) is 2.44. The lowest BCUT2D eigenvalue weighted by atomic mass is 9.97. The van der Waals surface area contributed by atoms with Crippen molar-refractivity contribution in [3.8, 4) is 0 Å². The molecular weight excluding hydrogens is 258 g/mol. The summed E-state index contributed by atoms with van der Waals surface area (Å²) >= 11 is 1.43. The summed E-state index contributed by atoms with van der Waals surface area (Å²) in [6.45, 7) is 2.40. The molecule has 3 rings (SSSR count). The van der Waals surface area contributed by atoms with Crippen LogP contribution in [0.1, 0.15) is 32.0 Å². The Balaban J connectivity index is 2.09. The number of benzene rings is 1. The monoisotopic (exact) mass is 271 g/mol. The second-order valence-corrected chi connectivity index (χ2v) is 5.53. The Morgan fingerprint density at radius 2 is 2.11 bits per heavy atom. The third-order valence-corrected chi connectivity index (χ3v) is 4.21. The molecule has 2 heterocycles. The highest BCUT2D eigenvalue weighted by atomic mass is 32.1. The molecule has 0 atom stereocenters. The molecule has 1 amide bonds. The number of hydrogen-bond acceptors (Lipinski definition) is 3. The van der Waals surface area contributed by atoms with Gasteiger partial charge in [-0.15, -0.1) is 11.3 Å². The Hall–Kier alpha value is -1.94. The average Bonchev–Trinajstić information content (AvgIpc) is 2.93. The summed E-state index contributed by atoms with van der Waals surface area (Å²) in [5.41, 5.74) is 2.41. The van der Waals surface area contributed by atoms with Gasteiger partial charge in [0.1, 0.15) is 0 Å². The molecule has 0 bridgehead atoms. The van der Waals surface area contributed by atoms with E-state index in [-0.39, 0.29) is 11.7 Å². The molecule has 0 saturated heterocycles. The van der Waals surface area contributed by atoms with Gasteiger partial charge in [0.15, 0.2) is 5.78 Å². The maximum Gasteiger partial charge on any atom is 0.268 e. The van der Waals surface area contributed by atoms with Gasteiger partial charge in [-0.1, -0.05) is 18.2 Å². The quantitative estimate of drug-likeness (QED) is 0.798. The van der Waals surface area contributed by atoms with Gasteiger partial charge < -0.3 is 4.90 Å². The van der Waals surface area contributed by atoms with Crippen LogP contribution >= 0.6 is 11.3 Å². The van der Waals surface area contributed by atoms with Gasteiger partial charge in [0, 0.05) is 18.5 Å². The first kappa shape index (κ1) is 12.1. The third-order valence-electron chi connectivity index (χ3n) is 3.35. The number of nitrogens with zero attached hydrogens (tertiary/aromatic N) is 1. The molecule has 3 nitrogen and oxygen atoms in total. The summed E-state index contributed by atoms with van der Waals surface area (Å²) in [7, 11) is 0. The van der Waals surface area contributed by atoms with Crippen molar-refractivity contribution in [1.29, 1.82) is 0 Å². The van der Waals surface area contributed by atoms with Crippen molar-refractivity contribution in [2.45, 2.75) is 13.3 Å². The molecule has 1 aliphatic rings. The van der Waals surface area contributed by atoms with Crippen LogP contribution in [0.3, 0.4) is 0 Å². The number of thiophene rings is 1. The lowest BCUT2D eigenvalue weighted by Crippen LogP contribution is -2.37. The van der Waals surface area contributed by atoms with E-state index in [4.69, 9.17) is 0 Å². The van der Waals surface area contributed by atoms with E-state index in [1.807, 2.05) is 36.6 Å². The lowest BCUT2D eigenvalue weighted by Gasteiger charge is -2.29. The molecule has 0 fully saturated rings. The highest BCUT2D eigenvalue weighted by molar-refractivity contribution is 7.12. The van der Waals surface area contributed by atoms with Crippen molar-refractivity contribution in [3.63, 3.8) is 0 Å². The number of carbonyl (C=O) groups is 2. The summed E-state index contributed by atoms with van der Waals surface area (Å²) in [6, 6.07) is 9.29. The summed E-state index contributed by atoms with van der Waals surface area (Å²) < 4.78 is 0. The molecule has 4 heteroatoms. The number of amides is 1. The van der Waals surface area contributed by atoms with E-state index < -0.39 is 0 Å². The Bertz CT molecular complexity index is 646. The summed E-state index contributed by atoms with van der Waals surface area (Å²) in [5, 5.41) is 1.89. The van der Waals surface area contributed by atoms with E-state index in [1.54, 1.807) is 11.0 Å². The Labute approximate surface area is 115 Å². The molecule has 1 aliphatic heterocycles. The van der Waals surface area contributed by atoms with Crippen molar-refractivity contribution >= 4 is 28.7 Å². The van der Waals surface area contributed by atoms with Gasteiger partial charge in [-0.25, -0.2) is 0 Å². The minimum Gasteiger partial charge on any atom is -0.306 e. The van der Waals surface area contributed by atoms with Gasteiger partial charge in [-0.2, -0.15) is 0 Å². The number of rotatable bonds is 1. The van der Waals surface area contributed by atoms with Gasteiger partial charge in [-0.3, -0.25) is 9.59 Å². The van der Waals surface area contributed by atoms with Crippen molar-refractivity contribution < 1.29 is 9.59 Å². The largest absolute Gasteiger partial charge is 0.306 e. The summed E-state index contributed by atoms with van der Waals surface area (Å²) in [5.74, 6) is 0.104. The van der Waals surface area contributed by atoms with E-state index in [0.29, 0.717) is 23.4 Å². The van der Waals surface area contributed by atoms with Gasteiger partial charge in [-0.05, 0) is 30.0 Å². The van der Waals surface area contributed by atoms with Crippen molar-refractivity contribution in [2.24, 2.45) is 0 Å². The van der Waals surface area contributed by atoms with Crippen LogP contribution in [0.2, 0.25) is 0 Å². The van der Waals surface area contributed by atoms with Gasteiger partial charge in [0.25, 0.3) is 5.91 Å². The van der Waals surface area contributed by atoms with Crippen LogP contribution in [0.25, 0.3) is 0 Å². The number of Topliss-reactive ketones (excluding diaryl/α,β-unsaturated/α-hetero) is 1. The number of anilines is 1. The Kier molecular flexibility index (Phi) is 2.95. The zero-order chi connectivity index (χ0) is 13.4. The van der Waals surface area contributed by atoms with Crippen LogP contribution in [0.15, 0.2) is 35.7 Å². The normalized spacial score (nSPS) is 14.4. The van der Waals surface area contributed by atoms with E-state index in [0.717, 1.165) is 11.3 Å². The lowest BCUT2D eigenvalue weighted by molar-refractivity contribution is 0.0956. The Morgan fingerprint density at radius 3 is 2.84 bits per heavy atom. The molecule has 1 aromatic heterocycles. The number of para-hydroxylation sites is 1. The number of fused-ring (bicyclic) bond motifs is 1. The molecule has 0 radical (unpaired) electrons. The first-order valence-electron chi connectivity index (χ1n) is 6.16. The van der Waals surface area contributed by atoms with Crippen molar-refractivity contribution in [1.82, 2.24) is 0 Å². The Morgan fingerprint density at radius 1 is 1.26 bits per heavy atom. The second-order valence-electron chi connectivity index (χ2n) is 4.58. The predicted octanol–water partition coefficient (Wildman–Crippen LogP) is 3.29. The molecule has 96 valence electrons. The molecule has 0 spiro atoms. The van der Waals surface area contributed by atoms with E-state index in [1.165, 1.54) is 11.3 Å². The first-order valence-corrected chi connectivity index (χ1v) is 7.04. The molecular formula is C15H13NO2S. The number of ketones is 1. The molecule has 19 heavy (non-hydrogen) atoms. The zero-order valence-electron chi connectivity index (χ0n) is 10.6. The standard InChI is InChI=1S/C15H13NO2S/c1-10-4-2-5-11-12(17)7-8-16(14(10)11)15(18)13-6-3-9-19-13/h2-6,9H,7-8H2,1H3. The summed E-state index contributed by atoms with van der Waals surface area (Å²) in [4.78, 5) is 26.9. The molecule has 0 aliphatic carbocycles. The smallest absolute Gasteiger partial charge is 0.268 e. The minimum atomic E-state index is -0.0157. The molecule has 0 unspecified atom stereocenters. The van der Waals surface area contributed by atoms with Crippen LogP contribution < -0.4 is 4.90 Å². The fraction of sp³-hybridized carbons (Fsp3) is 0.200. The van der Waals surface area contributed by atoms with Crippen LogP contribution in [0, 0.1) is 6.92 Å². The molecule has 2 aromatic rings. The predicted molar refractivity (Wildman–Crippen MR) is 76.1 cm³/mol. The third kappa shape index (κ3) is 1.98. The maximum absolute atomic E-state index is 12.5. The summed E-state index contributed by atoms with van der Waals surface area (Å²) in [6.07, 6.45) is 0.396. The van der Waals surface area contributed by atoms with Gasteiger partial charge in [0.2, 0.25) is 0 Å². The molecule has 0 N–H and O–H groups in total.